The van der Waals surface area contributed by atoms with Gasteiger partial charge < -0.3 is 11.1 Å². The van der Waals surface area contributed by atoms with E-state index in [1.165, 1.54) is 6.42 Å². The van der Waals surface area contributed by atoms with Crippen molar-refractivity contribution in [3.05, 3.63) is 23.4 Å². The molecule has 0 aromatic carbocycles. The topological polar surface area (TPSA) is 68.0 Å². The first kappa shape index (κ1) is 11.9. The van der Waals surface area contributed by atoms with E-state index in [-0.39, 0.29) is 17.9 Å². The maximum Gasteiger partial charge on any atom is 0.230 e. The summed E-state index contributed by atoms with van der Waals surface area (Å²) in [5, 5.41) is 3.27. The van der Waals surface area contributed by atoms with E-state index in [1.807, 2.05) is 0 Å². The van der Waals surface area contributed by atoms with E-state index in [9.17, 15) is 4.79 Å². The van der Waals surface area contributed by atoms with Crippen molar-refractivity contribution in [2.24, 2.45) is 23.5 Å². The second-order valence-electron chi connectivity index (χ2n) is 5.26. The minimum absolute atomic E-state index is 0.00811. The van der Waals surface area contributed by atoms with Gasteiger partial charge >= 0.3 is 0 Å². The molecule has 96 valence electrons. The molecule has 3 rings (SSSR count). The summed E-state index contributed by atoms with van der Waals surface area (Å²) in [6.07, 6.45) is 4.99. The van der Waals surface area contributed by atoms with Crippen LogP contribution in [0.25, 0.3) is 0 Å². The van der Waals surface area contributed by atoms with E-state index in [1.54, 1.807) is 18.3 Å². The summed E-state index contributed by atoms with van der Waals surface area (Å²) in [6, 6.07) is 3.44. The Kier molecular flexibility index (Phi) is 2.99. The largest absolute Gasteiger partial charge is 0.327 e. The van der Waals surface area contributed by atoms with Crippen LogP contribution in [-0.4, -0.2) is 16.9 Å². The molecule has 0 aliphatic heterocycles. The molecule has 4 nitrogen and oxygen atoms in total. The van der Waals surface area contributed by atoms with Crippen molar-refractivity contribution >= 4 is 23.3 Å². The fourth-order valence-corrected chi connectivity index (χ4v) is 3.57. The smallest absolute Gasteiger partial charge is 0.230 e. The van der Waals surface area contributed by atoms with Crippen molar-refractivity contribution < 1.29 is 4.79 Å². The van der Waals surface area contributed by atoms with Crippen molar-refractivity contribution in [2.45, 2.75) is 25.3 Å². The number of carbonyl (C=O) groups is 1. The Balaban J connectivity index is 1.74. The molecule has 2 fully saturated rings. The number of anilines is 1. The molecule has 2 aliphatic carbocycles. The number of halogens is 1. The molecule has 3 N–H and O–H groups in total. The lowest BCUT2D eigenvalue weighted by Crippen LogP contribution is -2.42. The number of nitrogens with zero attached hydrogens (tertiary/aromatic N) is 1. The number of hydrogen-bond donors (Lipinski definition) is 2. The molecule has 2 saturated carbocycles. The number of amides is 1. The SMILES string of the molecule is NC1C2CCC(C2)C1C(=O)Nc1ncccc1Cl. The van der Waals surface area contributed by atoms with Gasteiger partial charge in [-0.05, 0) is 43.2 Å². The van der Waals surface area contributed by atoms with Crippen molar-refractivity contribution in [3.8, 4) is 0 Å². The summed E-state index contributed by atoms with van der Waals surface area (Å²) in [5.74, 6) is 1.27. The zero-order valence-electron chi connectivity index (χ0n) is 9.97. The predicted molar refractivity (Wildman–Crippen MR) is 70.2 cm³/mol. The highest BCUT2D eigenvalue weighted by Gasteiger charge is 2.49. The summed E-state index contributed by atoms with van der Waals surface area (Å²) >= 11 is 5.98. The summed E-state index contributed by atoms with van der Waals surface area (Å²) in [4.78, 5) is 16.3. The van der Waals surface area contributed by atoms with Crippen LogP contribution in [0, 0.1) is 17.8 Å². The van der Waals surface area contributed by atoms with Gasteiger partial charge in [-0.2, -0.15) is 0 Å². The second-order valence-corrected chi connectivity index (χ2v) is 5.67. The van der Waals surface area contributed by atoms with Gasteiger partial charge in [0.15, 0.2) is 5.82 Å². The highest BCUT2D eigenvalue weighted by Crippen LogP contribution is 2.47. The quantitative estimate of drug-likeness (QED) is 0.860. The van der Waals surface area contributed by atoms with Crippen LogP contribution in [0.4, 0.5) is 5.82 Å². The van der Waals surface area contributed by atoms with Gasteiger partial charge in [0.25, 0.3) is 0 Å². The van der Waals surface area contributed by atoms with Crippen molar-refractivity contribution in [1.82, 2.24) is 4.98 Å². The summed E-state index contributed by atoms with van der Waals surface area (Å²) in [6.45, 7) is 0. The molecular formula is C13H16ClN3O. The number of aromatic nitrogens is 1. The van der Waals surface area contributed by atoms with E-state index < -0.39 is 0 Å². The first-order valence-corrected chi connectivity index (χ1v) is 6.71. The average molecular weight is 266 g/mol. The standard InChI is InChI=1S/C13H16ClN3O/c14-9-2-1-5-16-12(9)17-13(18)10-7-3-4-8(6-7)11(10)15/h1-2,5,7-8,10-11H,3-4,6,15H2,(H,16,17,18). The minimum Gasteiger partial charge on any atom is -0.327 e. The van der Waals surface area contributed by atoms with E-state index in [2.05, 4.69) is 10.3 Å². The van der Waals surface area contributed by atoms with Gasteiger partial charge in [-0.1, -0.05) is 11.6 Å². The normalized spacial score (nSPS) is 33.7. The molecule has 18 heavy (non-hydrogen) atoms. The van der Waals surface area contributed by atoms with Crippen LogP contribution in [-0.2, 0) is 4.79 Å². The lowest BCUT2D eigenvalue weighted by molar-refractivity contribution is -0.121. The summed E-state index contributed by atoms with van der Waals surface area (Å²) in [7, 11) is 0. The molecule has 1 amide bonds. The third-order valence-electron chi connectivity index (χ3n) is 4.28. The molecule has 5 heteroatoms. The molecule has 4 unspecified atom stereocenters. The van der Waals surface area contributed by atoms with Gasteiger partial charge in [0.05, 0.1) is 10.9 Å². The van der Waals surface area contributed by atoms with E-state index >= 15 is 0 Å². The van der Waals surface area contributed by atoms with Crippen LogP contribution in [0.2, 0.25) is 5.02 Å². The highest BCUT2D eigenvalue weighted by atomic mass is 35.5. The Hall–Kier alpha value is -1.13. The Morgan fingerprint density at radius 3 is 2.89 bits per heavy atom. The third kappa shape index (κ3) is 1.89. The number of fused-ring (bicyclic) bond motifs is 2. The zero-order valence-corrected chi connectivity index (χ0v) is 10.7. The van der Waals surface area contributed by atoms with Crippen LogP contribution < -0.4 is 11.1 Å². The fraction of sp³-hybridized carbons (Fsp3) is 0.538. The molecule has 1 heterocycles. The fourth-order valence-electron chi connectivity index (χ4n) is 3.40. The number of pyridine rings is 1. The Morgan fingerprint density at radius 2 is 2.22 bits per heavy atom. The van der Waals surface area contributed by atoms with E-state index in [4.69, 9.17) is 17.3 Å². The molecule has 2 aliphatic rings. The molecule has 4 atom stereocenters. The molecule has 1 aromatic rings. The minimum atomic E-state index is -0.0816. The molecule has 0 saturated heterocycles. The molecular weight excluding hydrogens is 250 g/mol. The van der Waals surface area contributed by atoms with Gasteiger partial charge in [-0.3, -0.25) is 4.79 Å². The van der Waals surface area contributed by atoms with Crippen LogP contribution in [0.1, 0.15) is 19.3 Å². The Morgan fingerprint density at radius 1 is 1.44 bits per heavy atom. The number of nitrogens with one attached hydrogen (secondary N) is 1. The third-order valence-corrected chi connectivity index (χ3v) is 4.59. The lowest BCUT2D eigenvalue weighted by Gasteiger charge is -2.26. The zero-order chi connectivity index (χ0) is 12.7. The van der Waals surface area contributed by atoms with Gasteiger partial charge in [0.2, 0.25) is 5.91 Å². The van der Waals surface area contributed by atoms with Crippen LogP contribution in [0.5, 0.6) is 0 Å². The monoisotopic (exact) mass is 265 g/mol. The molecule has 0 radical (unpaired) electrons. The van der Waals surface area contributed by atoms with Gasteiger partial charge in [0, 0.05) is 12.2 Å². The first-order chi connectivity index (χ1) is 8.66. The highest BCUT2D eigenvalue weighted by molar-refractivity contribution is 6.33. The molecule has 2 bridgehead atoms. The van der Waals surface area contributed by atoms with Gasteiger partial charge in [0.1, 0.15) is 0 Å². The van der Waals surface area contributed by atoms with E-state index in [0.717, 1.165) is 12.8 Å². The van der Waals surface area contributed by atoms with Crippen LogP contribution in [0.15, 0.2) is 18.3 Å². The molecule has 0 spiro atoms. The second kappa shape index (κ2) is 4.52. The lowest BCUT2D eigenvalue weighted by atomic mass is 9.84. The summed E-state index contributed by atoms with van der Waals surface area (Å²) in [5.41, 5.74) is 6.14. The van der Waals surface area contributed by atoms with Gasteiger partial charge in [-0.25, -0.2) is 4.98 Å². The summed E-state index contributed by atoms with van der Waals surface area (Å²) < 4.78 is 0. The van der Waals surface area contributed by atoms with Gasteiger partial charge in [-0.15, -0.1) is 0 Å². The van der Waals surface area contributed by atoms with Crippen LogP contribution >= 0.6 is 11.6 Å². The number of hydrogen-bond acceptors (Lipinski definition) is 3. The predicted octanol–water partition coefficient (Wildman–Crippen LogP) is 2.05. The van der Waals surface area contributed by atoms with Crippen molar-refractivity contribution in [1.29, 1.82) is 0 Å². The first-order valence-electron chi connectivity index (χ1n) is 6.34. The number of carbonyl (C=O) groups excluding carboxylic acids is 1. The van der Waals surface area contributed by atoms with E-state index in [0.29, 0.717) is 22.7 Å². The maximum absolute atomic E-state index is 12.3. The van der Waals surface area contributed by atoms with Crippen molar-refractivity contribution in [2.75, 3.05) is 5.32 Å². The van der Waals surface area contributed by atoms with Crippen molar-refractivity contribution in [3.63, 3.8) is 0 Å². The Bertz CT molecular complexity index is 477. The maximum atomic E-state index is 12.3. The van der Waals surface area contributed by atoms with Crippen LogP contribution in [0.3, 0.4) is 0 Å². The number of rotatable bonds is 2. The Labute approximate surface area is 111 Å². The average Bonchev–Trinajstić information content (AvgIpc) is 2.92. The number of nitrogens with two attached hydrogens (primary N) is 1. The molecule has 1 aromatic heterocycles.